The Kier molecular flexibility index (Phi) is 4.41. The van der Waals surface area contributed by atoms with Gasteiger partial charge in [0.15, 0.2) is 6.29 Å². The fraction of sp³-hybridized carbons (Fsp3) is 0.538. The third-order valence-corrected chi connectivity index (χ3v) is 3.20. The van der Waals surface area contributed by atoms with Crippen molar-refractivity contribution in [3.05, 3.63) is 29.1 Å². The van der Waals surface area contributed by atoms with Crippen molar-refractivity contribution < 1.29 is 15.0 Å². The number of carbonyl (C=O) groups is 1. The molecule has 3 N–H and O–H groups in total. The van der Waals surface area contributed by atoms with Crippen molar-refractivity contribution in [1.82, 2.24) is 10.3 Å². The van der Waals surface area contributed by atoms with Gasteiger partial charge in [-0.1, -0.05) is 0 Å². The van der Waals surface area contributed by atoms with E-state index in [1.807, 2.05) is 6.07 Å². The second-order valence-electron chi connectivity index (χ2n) is 4.64. The molecule has 0 unspecified atom stereocenters. The molecule has 1 aliphatic carbocycles. The van der Waals surface area contributed by atoms with Crippen LogP contribution in [0.2, 0.25) is 0 Å². The van der Waals surface area contributed by atoms with Crippen molar-refractivity contribution in [1.29, 1.82) is 0 Å². The molecular weight excluding hydrogens is 232 g/mol. The van der Waals surface area contributed by atoms with Crippen LogP contribution < -0.4 is 5.32 Å². The summed E-state index contributed by atoms with van der Waals surface area (Å²) in [5.74, 6) is 0.533. The zero-order valence-electron chi connectivity index (χ0n) is 10.2. The Hall–Kier alpha value is -1.30. The molecular formula is C13H18N2O3. The Labute approximate surface area is 106 Å². The maximum atomic E-state index is 10.7. The van der Waals surface area contributed by atoms with Crippen molar-refractivity contribution in [2.24, 2.45) is 0 Å². The van der Waals surface area contributed by atoms with Gasteiger partial charge in [-0.2, -0.15) is 0 Å². The monoisotopic (exact) mass is 250 g/mol. The summed E-state index contributed by atoms with van der Waals surface area (Å²) in [6.45, 7) is 0.341. The van der Waals surface area contributed by atoms with Gasteiger partial charge in [-0.3, -0.25) is 9.78 Å². The Bertz CT molecular complexity index is 415. The Morgan fingerprint density at radius 1 is 1.44 bits per heavy atom. The summed E-state index contributed by atoms with van der Waals surface area (Å²) in [4.78, 5) is 14.8. The molecule has 18 heavy (non-hydrogen) atoms. The summed E-state index contributed by atoms with van der Waals surface area (Å²) in [7, 11) is 0. The molecule has 1 aliphatic rings. The van der Waals surface area contributed by atoms with Crippen molar-refractivity contribution >= 4 is 6.29 Å². The highest BCUT2D eigenvalue weighted by Gasteiger charge is 2.26. The Balaban J connectivity index is 2.09. The van der Waals surface area contributed by atoms with E-state index in [4.69, 9.17) is 10.2 Å². The van der Waals surface area contributed by atoms with Gasteiger partial charge < -0.3 is 15.5 Å². The molecule has 0 amide bonds. The molecule has 0 atom stereocenters. The number of rotatable bonds is 7. The Morgan fingerprint density at radius 2 is 2.17 bits per heavy atom. The van der Waals surface area contributed by atoms with E-state index in [1.54, 1.807) is 6.20 Å². The summed E-state index contributed by atoms with van der Waals surface area (Å²) in [6.07, 6.45) is 4.76. The van der Waals surface area contributed by atoms with E-state index in [9.17, 15) is 4.79 Å². The molecule has 5 heteroatoms. The first-order valence-corrected chi connectivity index (χ1v) is 6.17. The van der Waals surface area contributed by atoms with Crippen molar-refractivity contribution in [3.63, 3.8) is 0 Å². The first kappa shape index (κ1) is 13.1. The van der Waals surface area contributed by atoms with Crippen molar-refractivity contribution in [3.8, 4) is 0 Å². The first-order chi connectivity index (χ1) is 8.78. The normalized spacial score (nSPS) is 15.1. The van der Waals surface area contributed by atoms with Crippen LogP contribution in [0.4, 0.5) is 0 Å². The van der Waals surface area contributed by atoms with E-state index in [0.717, 1.165) is 30.3 Å². The van der Waals surface area contributed by atoms with Gasteiger partial charge in [-0.25, -0.2) is 0 Å². The van der Waals surface area contributed by atoms with Crippen LogP contribution in [-0.2, 0) is 6.54 Å². The van der Waals surface area contributed by atoms with E-state index in [1.165, 1.54) is 0 Å². The minimum Gasteiger partial charge on any atom is -0.395 e. The van der Waals surface area contributed by atoms with Crippen LogP contribution in [0, 0.1) is 0 Å². The van der Waals surface area contributed by atoms with Crippen LogP contribution in [0.25, 0.3) is 0 Å². The second kappa shape index (κ2) is 6.04. The number of aldehydes is 1. The van der Waals surface area contributed by atoms with Gasteiger partial charge in [0.05, 0.1) is 19.3 Å². The van der Waals surface area contributed by atoms with Gasteiger partial charge in [-0.15, -0.1) is 0 Å². The summed E-state index contributed by atoms with van der Waals surface area (Å²) < 4.78 is 0. The molecule has 0 bridgehead atoms. The number of aliphatic hydroxyl groups is 2. The smallest absolute Gasteiger partial charge is 0.168 e. The van der Waals surface area contributed by atoms with E-state index in [0.29, 0.717) is 18.2 Å². The number of aromatic nitrogens is 1. The standard InChI is InChI=1S/C13H18N2O3/c16-6-11-3-13(9-1-2-9)10(4-14-11)5-15-12(7-17)8-18/h3-4,6,9,12,15,17-18H,1-2,5,7-8H2. The lowest BCUT2D eigenvalue weighted by atomic mass is 10.0. The largest absolute Gasteiger partial charge is 0.395 e. The number of nitrogens with zero attached hydrogens (tertiary/aromatic N) is 1. The molecule has 1 saturated carbocycles. The molecule has 1 heterocycles. The maximum Gasteiger partial charge on any atom is 0.168 e. The molecule has 0 spiro atoms. The van der Waals surface area contributed by atoms with E-state index >= 15 is 0 Å². The molecule has 2 rings (SSSR count). The highest BCUT2D eigenvalue weighted by atomic mass is 16.3. The van der Waals surface area contributed by atoms with Crippen molar-refractivity contribution in [2.75, 3.05) is 13.2 Å². The molecule has 0 aliphatic heterocycles. The number of hydrogen-bond donors (Lipinski definition) is 3. The topological polar surface area (TPSA) is 82.5 Å². The maximum absolute atomic E-state index is 10.7. The molecule has 1 aromatic rings. The van der Waals surface area contributed by atoms with Crippen LogP contribution >= 0.6 is 0 Å². The lowest BCUT2D eigenvalue weighted by Crippen LogP contribution is -2.35. The van der Waals surface area contributed by atoms with Crippen LogP contribution in [-0.4, -0.2) is 40.7 Å². The lowest BCUT2D eigenvalue weighted by Gasteiger charge is -2.15. The fourth-order valence-electron chi connectivity index (χ4n) is 1.94. The minimum atomic E-state index is -0.317. The quantitative estimate of drug-likeness (QED) is 0.603. The summed E-state index contributed by atoms with van der Waals surface area (Å²) in [5.41, 5.74) is 2.66. The van der Waals surface area contributed by atoms with Crippen molar-refractivity contribution in [2.45, 2.75) is 31.3 Å². The molecule has 0 radical (unpaired) electrons. The zero-order chi connectivity index (χ0) is 13.0. The Morgan fingerprint density at radius 3 is 2.72 bits per heavy atom. The average molecular weight is 250 g/mol. The summed E-state index contributed by atoms with van der Waals surface area (Å²) >= 11 is 0. The number of carbonyl (C=O) groups excluding carboxylic acids is 1. The average Bonchev–Trinajstić information content (AvgIpc) is 3.24. The fourth-order valence-corrected chi connectivity index (χ4v) is 1.94. The number of pyridine rings is 1. The van der Waals surface area contributed by atoms with Gasteiger partial charge in [0, 0.05) is 12.7 Å². The number of hydrogen-bond acceptors (Lipinski definition) is 5. The third kappa shape index (κ3) is 3.13. The summed E-state index contributed by atoms with van der Waals surface area (Å²) in [6, 6.07) is 1.52. The van der Waals surface area contributed by atoms with Crippen LogP contribution in [0.5, 0.6) is 0 Å². The molecule has 5 nitrogen and oxygen atoms in total. The predicted molar refractivity (Wildman–Crippen MR) is 66.4 cm³/mol. The van der Waals surface area contributed by atoms with Crippen LogP contribution in [0.15, 0.2) is 12.3 Å². The first-order valence-electron chi connectivity index (χ1n) is 6.17. The van der Waals surface area contributed by atoms with Gasteiger partial charge in [-0.05, 0) is 36.0 Å². The van der Waals surface area contributed by atoms with Gasteiger partial charge in [0.25, 0.3) is 0 Å². The third-order valence-electron chi connectivity index (χ3n) is 3.20. The SMILES string of the molecule is O=Cc1cc(C2CC2)c(CNC(CO)CO)cn1. The number of aliphatic hydroxyl groups excluding tert-OH is 2. The number of nitrogens with one attached hydrogen (secondary N) is 1. The van der Waals surface area contributed by atoms with E-state index < -0.39 is 0 Å². The molecule has 0 aromatic carbocycles. The molecule has 0 saturated heterocycles. The van der Waals surface area contributed by atoms with Gasteiger partial charge in [0.1, 0.15) is 5.69 Å². The van der Waals surface area contributed by atoms with Crippen LogP contribution in [0.3, 0.4) is 0 Å². The molecule has 1 fully saturated rings. The van der Waals surface area contributed by atoms with E-state index in [-0.39, 0.29) is 19.3 Å². The molecule has 1 aromatic heterocycles. The van der Waals surface area contributed by atoms with Crippen LogP contribution in [0.1, 0.15) is 40.4 Å². The molecule has 98 valence electrons. The highest BCUT2D eigenvalue weighted by molar-refractivity contribution is 5.72. The summed E-state index contributed by atoms with van der Waals surface area (Å²) in [5, 5.41) is 21.1. The predicted octanol–water partition coefficient (Wildman–Crippen LogP) is 0.214. The van der Waals surface area contributed by atoms with Gasteiger partial charge >= 0.3 is 0 Å². The second-order valence-corrected chi connectivity index (χ2v) is 4.64. The zero-order valence-corrected chi connectivity index (χ0v) is 10.2. The van der Waals surface area contributed by atoms with Gasteiger partial charge in [0.2, 0.25) is 0 Å². The highest BCUT2D eigenvalue weighted by Crippen LogP contribution is 2.41. The minimum absolute atomic E-state index is 0.102. The van der Waals surface area contributed by atoms with E-state index in [2.05, 4.69) is 10.3 Å². The lowest BCUT2D eigenvalue weighted by molar-refractivity contribution is 0.111.